The molecule has 0 saturated carbocycles. The molecule has 2 heterocycles. The van der Waals surface area contributed by atoms with Gasteiger partial charge in [0.25, 0.3) is 0 Å². The summed E-state index contributed by atoms with van der Waals surface area (Å²) in [5, 5.41) is 16.8. The Balaban J connectivity index is 0.000000180. The van der Waals surface area contributed by atoms with Gasteiger partial charge < -0.3 is 0 Å². The molecule has 0 aliphatic heterocycles. The lowest BCUT2D eigenvalue weighted by Gasteiger charge is -1.83. The lowest BCUT2D eigenvalue weighted by atomic mass is 10.3. The van der Waals surface area contributed by atoms with E-state index in [1.54, 1.807) is 24.5 Å². The highest BCUT2D eigenvalue weighted by molar-refractivity contribution is 5.22. The lowest BCUT2D eigenvalue weighted by Crippen LogP contribution is -2.26. The first-order valence-corrected chi connectivity index (χ1v) is 5.36. The standard InChI is InChI=1S/2C7H7N2/c2*1-9-4-2-3-7(5-8)6-9/h2*2-4,6H,1H3/q2*+1. The summed E-state index contributed by atoms with van der Waals surface area (Å²) >= 11 is 0. The number of aryl methyl sites for hydroxylation is 2. The van der Waals surface area contributed by atoms with Gasteiger partial charge in [-0.3, -0.25) is 0 Å². The van der Waals surface area contributed by atoms with Crippen LogP contribution in [-0.2, 0) is 14.1 Å². The molecule has 0 radical (unpaired) electrons. The van der Waals surface area contributed by atoms with Gasteiger partial charge in [0, 0.05) is 12.1 Å². The summed E-state index contributed by atoms with van der Waals surface area (Å²) in [6.07, 6.45) is 7.34. The van der Waals surface area contributed by atoms with E-state index in [2.05, 4.69) is 0 Å². The molecule has 0 unspecified atom stereocenters. The van der Waals surface area contributed by atoms with Crippen LogP contribution in [0.4, 0.5) is 0 Å². The van der Waals surface area contributed by atoms with E-state index in [4.69, 9.17) is 10.5 Å². The van der Waals surface area contributed by atoms with Crippen molar-refractivity contribution in [3.8, 4) is 12.1 Å². The fourth-order valence-electron chi connectivity index (χ4n) is 1.31. The van der Waals surface area contributed by atoms with E-state index in [0.717, 1.165) is 0 Å². The van der Waals surface area contributed by atoms with Crippen LogP contribution in [-0.4, -0.2) is 0 Å². The van der Waals surface area contributed by atoms with Crippen LogP contribution < -0.4 is 9.13 Å². The monoisotopic (exact) mass is 238 g/mol. The third-order valence-corrected chi connectivity index (χ3v) is 2.14. The summed E-state index contributed by atoms with van der Waals surface area (Å²) in [7, 11) is 3.78. The fraction of sp³-hybridized carbons (Fsp3) is 0.143. The van der Waals surface area contributed by atoms with Gasteiger partial charge in [-0.15, -0.1) is 0 Å². The minimum atomic E-state index is 0.694. The van der Waals surface area contributed by atoms with Gasteiger partial charge in [0.15, 0.2) is 24.8 Å². The molecule has 18 heavy (non-hydrogen) atoms. The zero-order valence-corrected chi connectivity index (χ0v) is 10.4. The molecular formula is C14H14N4+2. The first-order valence-electron chi connectivity index (χ1n) is 5.36. The number of nitriles is 2. The Morgan fingerprint density at radius 1 is 0.833 bits per heavy atom. The van der Waals surface area contributed by atoms with Crippen LogP contribution in [0, 0.1) is 22.7 Å². The number of nitrogens with zero attached hydrogens (tertiary/aromatic N) is 4. The molecule has 2 aromatic rings. The molecule has 4 heteroatoms. The molecule has 0 atom stereocenters. The van der Waals surface area contributed by atoms with E-state index in [-0.39, 0.29) is 0 Å². The Hall–Kier alpha value is -2.72. The van der Waals surface area contributed by atoms with E-state index in [0.29, 0.717) is 11.1 Å². The van der Waals surface area contributed by atoms with E-state index >= 15 is 0 Å². The predicted molar refractivity (Wildman–Crippen MR) is 64.7 cm³/mol. The minimum absolute atomic E-state index is 0.694. The minimum Gasteiger partial charge on any atom is -0.207 e. The van der Waals surface area contributed by atoms with Crippen molar-refractivity contribution in [2.45, 2.75) is 0 Å². The van der Waals surface area contributed by atoms with Gasteiger partial charge in [-0.25, -0.2) is 9.13 Å². The van der Waals surface area contributed by atoms with E-state index in [1.807, 2.05) is 59.9 Å². The summed E-state index contributed by atoms with van der Waals surface area (Å²) in [6, 6.07) is 11.3. The van der Waals surface area contributed by atoms with Crippen molar-refractivity contribution < 1.29 is 9.13 Å². The average Bonchev–Trinajstić information content (AvgIpc) is 2.39. The van der Waals surface area contributed by atoms with Crippen LogP contribution in [0.3, 0.4) is 0 Å². The highest BCUT2D eigenvalue weighted by atomic mass is 14.9. The van der Waals surface area contributed by atoms with Crippen molar-refractivity contribution >= 4 is 0 Å². The second-order valence-electron chi connectivity index (χ2n) is 3.74. The Morgan fingerprint density at radius 2 is 1.22 bits per heavy atom. The quantitative estimate of drug-likeness (QED) is 0.636. The highest BCUT2D eigenvalue weighted by Crippen LogP contribution is 1.88. The molecule has 0 saturated heterocycles. The van der Waals surface area contributed by atoms with Gasteiger partial charge in [0.2, 0.25) is 0 Å². The van der Waals surface area contributed by atoms with Gasteiger partial charge in [0.05, 0.1) is 0 Å². The summed E-state index contributed by atoms with van der Waals surface area (Å²) < 4.78 is 3.69. The molecule has 0 aliphatic rings. The second-order valence-corrected chi connectivity index (χ2v) is 3.74. The third-order valence-electron chi connectivity index (χ3n) is 2.14. The van der Waals surface area contributed by atoms with Crippen molar-refractivity contribution in [3.05, 3.63) is 60.2 Å². The highest BCUT2D eigenvalue weighted by Gasteiger charge is 1.93. The largest absolute Gasteiger partial charge is 0.207 e. The Morgan fingerprint density at radius 3 is 1.44 bits per heavy atom. The summed E-state index contributed by atoms with van der Waals surface area (Å²) in [6.45, 7) is 0. The van der Waals surface area contributed by atoms with Crippen molar-refractivity contribution in [2.75, 3.05) is 0 Å². The smallest absolute Gasteiger partial charge is 0.186 e. The van der Waals surface area contributed by atoms with Crippen molar-refractivity contribution in [1.29, 1.82) is 10.5 Å². The van der Waals surface area contributed by atoms with E-state index < -0.39 is 0 Å². The number of aromatic nitrogens is 2. The van der Waals surface area contributed by atoms with E-state index in [9.17, 15) is 0 Å². The maximum Gasteiger partial charge on any atom is 0.186 e. The van der Waals surface area contributed by atoms with Gasteiger partial charge in [-0.1, -0.05) is 0 Å². The van der Waals surface area contributed by atoms with Crippen LogP contribution in [0.5, 0.6) is 0 Å². The van der Waals surface area contributed by atoms with Crippen LogP contribution >= 0.6 is 0 Å². The lowest BCUT2D eigenvalue weighted by molar-refractivity contribution is -0.671. The first-order chi connectivity index (χ1) is 8.65. The zero-order valence-electron chi connectivity index (χ0n) is 10.4. The first kappa shape index (κ1) is 13.3. The summed E-state index contributed by atoms with van der Waals surface area (Å²) in [5.74, 6) is 0. The van der Waals surface area contributed by atoms with Crippen molar-refractivity contribution in [1.82, 2.24) is 0 Å². The van der Waals surface area contributed by atoms with Crippen LogP contribution in [0.2, 0.25) is 0 Å². The molecule has 2 rings (SSSR count). The molecule has 88 valence electrons. The number of pyridine rings is 2. The topological polar surface area (TPSA) is 55.3 Å². The maximum atomic E-state index is 8.40. The summed E-state index contributed by atoms with van der Waals surface area (Å²) in [5.41, 5.74) is 1.39. The van der Waals surface area contributed by atoms with E-state index in [1.165, 1.54) is 0 Å². The Labute approximate surface area is 107 Å². The number of hydrogen-bond acceptors (Lipinski definition) is 2. The summed E-state index contributed by atoms with van der Waals surface area (Å²) in [4.78, 5) is 0. The third kappa shape index (κ3) is 4.42. The molecule has 0 aromatic carbocycles. The van der Waals surface area contributed by atoms with Crippen LogP contribution in [0.25, 0.3) is 0 Å². The molecule has 2 aromatic heterocycles. The molecule has 4 nitrogen and oxygen atoms in total. The molecule has 0 bridgehead atoms. The molecular weight excluding hydrogens is 224 g/mol. The second kappa shape index (κ2) is 6.78. The van der Waals surface area contributed by atoms with Gasteiger partial charge >= 0.3 is 0 Å². The fourth-order valence-corrected chi connectivity index (χ4v) is 1.31. The van der Waals surface area contributed by atoms with Crippen molar-refractivity contribution in [2.24, 2.45) is 14.1 Å². The Bertz CT molecular complexity index is 550. The SMILES string of the molecule is C[n+]1cccc(C#N)c1.C[n+]1cccc(C#N)c1. The molecule has 0 spiro atoms. The Kier molecular flexibility index (Phi) is 5.02. The van der Waals surface area contributed by atoms with Crippen LogP contribution in [0.1, 0.15) is 11.1 Å². The van der Waals surface area contributed by atoms with Crippen molar-refractivity contribution in [3.63, 3.8) is 0 Å². The van der Waals surface area contributed by atoms with Gasteiger partial charge in [0.1, 0.15) is 37.4 Å². The number of hydrogen-bond donors (Lipinski definition) is 0. The zero-order chi connectivity index (χ0) is 13.4. The molecule has 0 fully saturated rings. The normalized spacial score (nSPS) is 8.44. The molecule has 0 aliphatic carbocycles. The molecule has 0 amide bonds. The van der Waals surface area contributed by atoms with Crippen LogP contribution in [0.15, 0.2) is 49.1 Å². The maximum absolute atomic E-state index is 8.40. The van der Waals surface area contributed by atoms with Gasteiger partial charge in [-0.05, 0) is 12.1 Å². The molecule has 0 N–H and O–H groups in total. The average molecular weight is 238 g/mol. The number of rotatable bonds is 0. The van der Waals surface area contributed by atoms with Gasteiger partial charge in [-0.2, -0.15) is 10.5 Å². The predicted octanol–water partition coefficient (Wildman–Crippen LogP) is 0.766.